The molecule has 1 rings (SSSR count). The van der Waals surface area contributed by atoms with Gasteiger partial charge in [-0.25, -0.2) is 4.79 Å². The Hall–Kier alpha value is -1.76. The molecule has 0 fully saturated rings. The van der Waals surface area contributed by atoms with Crippen LogP contribution in [0.5, 0.6) is 5.75 Å². The van der Waals surface area contributed by atoms with Gasteiger partial charge in [0.25, 0.3) is 0 Å². The molecule has 0 heterocycles. The van der Waals surface area contributed by atoms with E-state index in [9.17, 15) is 14.7 Å². The molecule has 0 spiro atoms. The van der Waals surface area contributed by atoms with Gasteiger partial charge in [0.1, 0.15) is 11.4 Å². The molecule has 0 bridgehead atoms. The summed E-state index contributed by atoms with van der Waals surface area (Å²) < 4.78 is 5.99. The first kappa shape index (κ1) is 19.3. The van der Waals surface area contributed by atoms with Gasteiger partial charge in [-0.2, -0.15) is 0 Å². The predicted molar refractivity (Wildman–Crippen MR) is 89.5 cm³/mol. The monoisotopic (exact) mass is 387 g/mol. The third-order valence-corrected chi connectivity index (χ3v) is 3.43. The lowest BCUT2D eigenvalue weighted by atomic mass is 10.0. The molecular weight excluding hydrogens is 366 g/mol. The highest BCUT2D eigenvalue weighted by atomic mass is 79.9. The number of amides is 1. The first-order valence-corrected chi connectivity index (χ1v) is 8.05. The van der Waals surface area contributed by atoms with Crippen LogP contribution in [0.1, 0.15) is 39.2 Å². The number of rotatable bonds is 6. The molecular formula is C16H22BrNO5. The van der Waals surface area contributed by atoms with E-state index in [1.165, 1.54) is 0 Å². The van der Waals surface area contributed by atoms with E-state index in [0.29, 0.717) is 12.0 Å². The molecule has 1 unspecified atom stereocenters. The van der Waals surface area contributed by atoms with Crippen molar-refractivity contribution in [2.24, 2.45) is 0 Å². The lowest BCUT2D eigenvalue weighted by Crippen LogP contribution is -2.40. The quantitative estimate of drug-likeness (QED) is 0.694. The zero-order valence-electron chi connectivity index (χ0n) is 13.4. The summed E-state index contributed by atoms with van der Waals surface area (Å²) >= 11 is 3.32. The highest BCUT2D eigenvalue weighted by Gasteiger charge is 2.21. The van der Waals surface area contributed by atoms with E-state index in [2.05, 4.69) is 21.2 Å². The fraction of sp³-hybridized carbons (Fsp3) is 0.500. The van der Waals surface area contributed by atoms with Crippen molar-refractivity contribution in [2.45, 2.75) is 51.7 Å². The number of phenolic OH excluding ortho intramolecular Hbond substituents is 1. The van der Waals surface area contributed by atoms with Crippen LogP contribution in [0.3, 0.4) is 0 Å². The van der Waals surface area contributed by atoms with E-state index >= 15 is 0 Å². The maximum Gasteiger partial charge on any atom is 0.407 e. The molecule has 1 atom stereocenters. The summed E-state index contributed by atoms with van der Waals surface area (Å²) in [7, 11) is 0. The molecule has 23 heavy (non-hydrogen) atoms. The number of aliphatic carboxylic acids is 1. The van der Waals surface area contributed by atoms with Crippen molar-refractivity contribution in [2.75, 3.05) is 0 Å². The largest absolute Gasteiger partial charge is 0.508 e. The van der Waals surface area contributed by atoms with E-state index in [4.69, 9.17) is 9.84 Å². The average molecular weight is 388 g/mol. The zero-order valence-corrected chi connectivity index (χ0v) is 15.0. The minimum Gasteiger partial charge on any atom is -0.508 e. The van der Waals surface area contributed by atoms with Crippen molar-refractivity contribution < 1.29 is 24.5 Å². The first-order valence-electron chi connectivity index (χ1n) is 7.25. The van der Waals surface area contributed by atoms with Crippen LogP contribution in [-0.2, 0) is 16.0 Å². The molecule has 0 aliphatic rings. The first-order chi connectivity index (χ1) is 10.6. The number of hydrogen-bond acceptors (Lipinski definition) is 4. The van der Waals surface area contributed by atoms with E-state index < -0.39 is 23.7 Å². The number of halogens is 1. The number of aromatic hydroxyl groups is 1. The summed E-state index contributed by atoms with van der Waals surface area (Å²) in [5.41, 5.74) is -0.0230. The highest BCUT2D eigenvalue weighted by Crippen LogP contribution is 2.24. The molecule has 0 aliphatic carbocycles. The molecule has 0 aliphatic heterocycles. The molecule has 1 aromatic carbocycles. The molecule has 0 saturated carbocycles. The van der Waals surface area contributed by atoms with E-state index in [-0.39, 0.29) is 18.6 Å². The lowest BCUT2D eigenvalue weighted by molar-refractivity contribution is -0.137. The second kappa shape index (κ2) is 8.19. The topological polar surface area (TPSA) is 95.9 Å². The average Bonchev–Trinajstić information content (AvgIpc) is 2.38. The zero-order chi connectivity index (χ0) is 17.6. The van der Waals surface area contributed by atoms with Gasteiger partial charge in [0, 0.05) is 16.9 Å². The van der Waals surface area contributed by atoms with Gasteiger partial charge < -0.3 is 20.3 Å². The van der Waals surface area contributed by atoms with Gasteiger partial charge in [0.05, 0.1) is 0 Å². The summed E-state index contributed by atoms with van der Waals surface area (Å²) in [6, 6.07) is 4.52. The standard InChI is InChI=1S/C16H22BrNO5/c1-16(2,3)23-15(22)18-12(5-7-14(20)21)9-10-8-11(17)4-6-13(10)19/h4,6,8,12,19H,5,7,9H2,1-3H3,(H,18,22)(H,20,21). The Morgan fingerprint density at radius 1 is 1.35 bits per heavy atom. The number of alkyl carbamates (subject to hydrolysis) is 1. The molecule has 0 saturated heterocycles. The van der Waals surface area contributed by atoms with E-state index in [1.807, 2.05) is 0 Å². The number of carbonyl (C=O) groups is 2. The van der Waals surface area contributed by atoms with Crippen LogP contribution in [-0.4, -0.2) is 33.9 Å². The second-order valence-electron chi connectivity index (χ2n) is 6.25. The van der Waals surface area contributed by atoms with Crippen molar-refractivity contribution in [3.8, 4) is 5.75 Å². The molecule has 0 aromatic heterocycles. The predicted octanol–water partition coefficient (Wildman–Crippen LogP) is 3.46. The fourth-order valence-electron chi connectivity index (χ4n) is 1.98. The van der Waals surface area contributed by atoms with Gasteiger partial charge in [-0.05, 0) is 57.4 Å². The second-order valence-corrected chi connectivity index (χ2v) is 7.17. The van der Waals surface area contributed by atoms with Crippen molar-refractivity contribution in [1.82, 2.24) is 5.32 Å². The molecule has 1 aromatic rings. The minimum absolute atomic E-state index is 0.0881. The van der Waals surface area contributed by atoms with Gasteiger partial charge in [-0.1, -0.05) is 15.9 Å². The third kappa shape index (κ3) is 7.88. The van der Waals surface area contributed by atoms with Crippen molar-refractivity contribution in [1.29, 1.82) is 0 Å². The normalized spacial score (nSPS) is 12.5. The Bertz CT molecular complexity index is 568. The number of ether oxygens (including phenoxy) is 1. The summed E-state index contributed by atoms with van der Waals surface area (Å²) in [6.45, 7) is 5.25. The highest BCUT2D eigenvalue weighted by molar-refractivity contribution is 9.10. The number of carboxylic acids is 1. The van der Waals surface area contributed by atoms with Gasteiger partial charge in [-0.3, -0.25) is 4.79 Å². The molecule has 1 amide bonds. The Balaban J connectivity index is 2.81. The van der Waals surface area contributed by atoms with Crippen LogP contribution in [0.2, 0.25) is 0 Å². The summed E-state index contributed by atoms with van der Waals surface area (Å²) in [5, 5.41) is 21.4. The van der Waals surface area contributed by atoms with Crippen LogP contribution in [0, 0.1) is 0 Å². The van der Waals surface area contributed by atoms with Gasteiger partial charge in [-0.15, -0.1) is 0 Å². The summed E-state index contributed by atoms with van der Waals surface area (Å²) in [6.07, 6.45) is -0.157. The van der Waals surface area contributed by atoms with Crippen molar-refractivity contribution in [3.05, 3.63) is 28.2 Å². The Kier molecular flexibility index (Phi) is 6.87. The van der Waals surface area contributed by atoms with E-state index in [0.717, 1.165) is 4.47 Å². The number of carbonyl (C=O) groups excluding carboxylic acids is 1. The minimum atomic E-state index is -0.945. The van der Waals surface area contributed by atoms with Gasteiger partial charge in [0.2, 0.25) is 0 Å². The van der Waals surface area contributed by atoms with Crippen LogP contribution in [0.25, 0.3) is 0 Å². The maximum absolute atomic E-state index is 11.9. The fourth-order valence-corrected chi connectivity index (χ4v) is 2.39. The van der Waals surface area contributed by atoms with Crippen LogP contribution in [0.15, 0.2) is 22.7 Å². The Morgan fingerprint density at radius 3 is 2.57 bits per heavy atom. The number of benzene rings is 1. The molecule has 7 heteroatoms. The molecule has 6 nitrogen and oxygen atoms in total. The molecule has 0 radical (unpaired) electrons. The SMILES string of the molecule is CC(C)(C)OC(=O)NC(CCC(=O)O)Cc1cc(Br)ccc1O. The summed E-state index contributed by atoms with van der Waals surface area (Å²) in [4.78, 5) is 22.7. The third-order valence-electron chi connectivity index (χ3n) is 2.94. The number of nitrogens with one attached hydrogen (secondary N) is 1. The molecule has 128 valence electrons. The van der Waals surface area contributed by atoms with Gasteiger partial charge in [0.15, 0.2) is 0 Å². The Morgan fingerprint density at radius 2 is 2.00 bits per heavy atom. The maximum atomic E-state index is 11.9. The smallest absolute Gasteiger partial charge is 0.407 e. The van der Waals surface area contributed by atoms with Crippen LogP contribution in [0.4, 0.5) is 4.79 Å². The van der Waals surface area contributed by atoms with E-state index in [1.54, 1.807) is 39.0 Å². The number of phenols is 1. The lowest BCUT2D eigenvalue weighted by Gasteiger charge is -2.23. The van der Waals surface area contributed by atoms with Crippen LogP contribution < -0.4 is 5.32 Å². The number of carboxylic acid groups (broad SMARTS) is 1. The van der Waals surface area contributed by atoms with Crippen molar-refractivity contribution >= 4 is 28.0 Å². The van der Waals surface area contributed by atoms with Crippen molar-refractivity contribution in [3.63, 3.8) is 0 Å². The number of hydrogen-bond donors (Lipinski definition) is 3. The Labute approximate surface area is 144 Å². The molecule has 3 N–H and O–H groups in total. The summed E-state index contributed by atoms with van der Waals surface area (Å²) in [5.74, 6) is -0.848. The van der Waals surface area contributed by atoms with Crippen LogP contribution >= 0.6 is 15.9 Å². The van der Waals surface area contributed by atoms with Gasteiger partial charge >= 0.3 is 12.1 Å².